The summed E-state index contributed by atoms with van der Waals surface area (Å²) in [5, 5.41) is 17.7. The van der Waals surface area contributed by atoms with E-state index in [1.807, 2.05) is 13.1 Å². The Bertz CT molecular complexity index is 603. The average Bonchev–Trinajstić information content (AvgIpc) is 2.98. The fraction of sp³-hybridized carbons (Fsp3) is 0.250. The van der Waals surface area contributed by atoms with E-state index in [-0.39, 0.29) is 17.9 Å². The molecule has 0 atom stereocenters. The Morgan fingerprint density at radius 2 is 2.32 bits per heavy atom. The van der Waals surface area contributed by atoms with Crippen molar-refractivity contribution in [2.75, 3.05) is 5.32 Å². The minimum absolute atomic E-state index is 0.174. The number of carboxylic acids is 1. The van der Waals surface area contributed by atoms with Crippen LogP contribution in [0.1, 0.15) is 23.0 Å². The summed E-state index contributed by atoms with van der Waals surface area (Å²) < 4.78 is 1.75. The van der Waals surface area contributed by atoms with Crippen molar-refractivity contribution < 1.29 is 14.7 Å². The lowest BCUT2D eigenvalue weighted by atomic mass is 10.3. The molecule has 1 amide bonds. The lowest BCUT2D eigenvalue weighted by Gasteiger charge is -2.00. The number of aromatic nitrogens is 2. The lowest BCUT2D eigenvalue weighted by molar-refractivity contribution is -0.115. The standard InChI is InChI=1S/C12H13N3O3S/c1-2-15-4-3-9(14-15)6-10(16)13-11-5-8(7-19-11)12(17)18/h3-5,7H,2,6H2,1H3,(H,13,16)(H,17,18). The van der Waals surface area contributed by atoms with Crippen LogP contribution in [-0.4, -0.2) is 26.8 Å². The molecular formula is C12H13N3O3S. The fourth-order valence-electron chi connectivity index (χ4n) is 1.53. The van der Waals surface area contributed by atoms with Gasteiger partial charge >= 0.3 is 5.97 Å². The van der Waals surface area contributed by atoms with Crippen LogP contribution in [0.25, 0.3) is 0 Å². The van der Waals surface area contributed by atoms with Gasteiger partial charge in [-0.25, -0.2) is 4.79 Å². The average molecular weight is 279 g/mol. The van der Waals surface area contributed by atoms with Gasteiger partial charge in [0.15, 0.2) is 0 Å². The van der Waals surface area contributed by atoms with Gasteiger partial charge in [-0.3, -0.25) is 9.48 Å². The summed E-state index contributed by atoms with van der Waals surface area (Å²) in [7, 11) is 0. The van der Waals surface area contributed by atoms with Gasteiger partial charge in [0.1, 0.15) is 0 Å². The predicted octanol–water partition coefficient (Wildman–Crippen LogP) is 1.84. The molecule has 7 heteroatoms. The summed E-state index contributed by atoms with van der Waals surface area (Å²) in [5.41, 5.74) is 0.866. The normalized spacial score (nSPS) is 10.4. The molecule has 0 saturated heterocycles. The summed E-state index contributed by atoms with van der Waals surface area (Å²) in [4.78, 5) is 22.5. The van der Waals surface area contributed by atoms with Crippen LogP contribution in [0.4, 0.5) is 5.00 Å². The zero-order valence-corrected chi connectivity index (χ0v) is 11.1. The molecule has 2 aromatic heterocycles. The second-order valence-corrected chi connectivity index (χ2v) is 4.80. The molecular weight excluding hydrogens is 266 g/mol. The summed E-state index contributed by atoms with van der Waals surface area (Å²) in [5.74, 6) is -1.21. The third-order valence-corrected chi connectivity index (χ3v) is 3.32. The molecule has 0 aliphatic rings. The van der Waals surface area contributed by atoms with E-state index >= 15 is 0 Å². The van der Waals surface area contributed by atoms with E-state index < -0.39 is 5.97 Å². The number of thiophene rings is 1. The predicted molar refractivity (Wildman–Crippen MR) is 71.5 cm³/mol. The molecule has 19 heavy (non-hydrogen) atoms. The Balaban J connectivity index is 1.95. The van der Waals surface area contributed by atoms with Crippen molar-refractivity contribution >= 4 is 28.2 Å². The first-order valence-corrected chi connectivity index (χ1v) is 6.60. The zero-order valence-electron chi connectivity index (χ0n) is 10.3. The van der Waals surface area contributed by atoms with Crippen molar-refractivity contribution in [3.63, 3.8) is 0 Å². The number of carbonyl (C=O) groups excluding carboxylic acids is 1. The second kappa shape index (κ2) is 5.66. The van der Waals surface area contributed by atoms with Gasteiger partial charge < -0.3 is 10.4 Å². The summed E-state index contributed by atoms with van der Waals surface area (Å²) in [6.07, 6.45) is 1.99. The molecule has 0 aliphatic carbocycles. The topological polar surface area (TPSA) is 84.2 Å². The summed E-state index contributed by atoms with van der Waals surface area (Å²) >= 11 is 1.19. The van der Waals surface area contributed by atoms with Crippen molar-refractivity contribution in [3.8, 4) is 0 Å². The number of amides is 1. The Kier molecular flexibility index (Phi) is 3.96. The number of aryl methyl sites for hydroxylation is 1. The minimum atomic E-state index is -1.00. The number of carboxylic acid groups (broad SMARTS) is 1. The number of hydrogen-bond donors (Lipinski definition) is 2. The van der Waals surface area contributed by atoms with Crippen LogP contribution in [0, 0.1) is 0 Å². The molecule has 2 aromatic rings. The molecule has 2 heterocycles. The molecule has 0 bridgehead atoms. The zero-order chi connectivity index (χ0) is 13.8. The van der Waals surface area contributed by atoms with Crippen LogP contribution in [0.3, 0.4) is 0 Å². The number of aromatic carboxylic acids is 1. The maximum absolute atomic E-state index is 11.8. The van der Waals surface area contributed by atoms with Gasteiger partial charge in [0.05, 0.1) is 22.7 Å². The van der Waals surface area contributed by atoms with Crippen LogP contribution >= 0.6 is 11.3 Å². The first-order valence-electron chi connectivity index (χ1n) is 5.72. The fourth-order valence-corrected chi connectivity index (χ4v) is 2.32. The highest BCUT2D eigenvalue weighted by Gasteiger charge is 2.10. The third-order valence-electron chi connectivity index (χ3n) is 2.47. The number of anilines is 1. The first-order chi connectivity index (χ1) is 9.08. The highest BCUT2D eigenvalue weighted by Crippen LogP contribution is 2.20. The molecule has 0 spiro atoms. The van der Waals surface area contributed by atoms with E-state index in [4.69, 9.17) is 5.11 Å². The minimum Gasteiger partial charge on any atom is -0.478 e. The third kappa shape index (κ3) is 3.41. The summed E-state index contributed by atoms with van der Waals surface area (Å²) in [6.45, 7) is 2.73. The van der Waals surface area contributed by atoms with Crippen LogP contribution < -0.4 is 5.32 Å². The molecule has 0 radical (unpaired) electrons. The van der Waals surface area contributed by atoms with Crippen molar-refractivity contribution in [1.29, 1.82) is 0 Å². The Morgan fingerprint density at radius 3 is 2.89 bits per heavy atom. The number of hydrogen-bond acceptors (Lipinski definition) is 4. The van der Waals surface area contributed by atoms with Gasteiger partial charge in [0, 0.05) is 18.1 Å². The number of nitrogens with zero attached hydrogens (tertiary/aromatic N) is 2. The van der Waals surface area contributed by atoms with E-state index in [0.29, 0.717) is 10.7 Å². The van der Waals surface area contributed by atoms with Crippen molar-refractivity contribution in [2.45, 2.75) is 19.9 Å². The van der Waals surface area contributed by atoms with Gasteiger partial charge in [-0.05, 0) is 19.1 Å². The molecule has 0 unspecified atom stereocenters. The van der Waals surface area contributed by atoms with Gasteiger partial charge in [-0.15, -0.1) is 11.3 Å². The van der Waals surface area contributed by atoms with Gasteiger partial charge in [0.2, 0.25) is 5.91 Å². The van der Waals surface area contributed by atoms with Crippen molar-refractivity contribution in [1.82, 2.24) is 9.78 Å². The monoisotopic (exact) mass is 279 g/mol. The van der Waals surface area contributed by atoms with Gasteiger partial charge in [-0.2, -0.15) is 5.10 Å². The van der Waals surface area contributed by atoms with E-state index in [1.54, 1.807) is 10.7 Å². The molecule has 0 aliphatic heterocycles. The van der Waals surface area contributed by atoms with Crippen molar-refractivity contribution in [2.24, 2.45) is 0 Å². The summed E-state index contributed by atoms with van der Waals surface area (Å²) in [6, 6.07) is 3.23. The first kappa shape index (κ1) is 13.3. The van der Waals surface area contributed by atoms with Gasteiger partial charge in [0.25, 0.3) is 0 Å². The van der Waals surface area contributed by atoms with Crippen LogP contribution in [0.15, 0.2) is 23.7 Å². The Labute approximate surface area is 113 Å². The molecule has 0 saturated carbocycles. The van der Waals surface area contributed by atoms with Crippen LogP contribution in [-0.2, 0) is 17.8 Å². The molecule has 2 N–H and O–H groups in total. The smallest absolute Gasteiger partial charge is 0.336 e. The number of rotatable bonds is 5. The largest absolute Gasteiger partial charge is 0.478 e. The maximum Gasteiger partial charge on any atom is 0.336 e. The van der Waals surface area contributed by atoms with E-state index in [0.717, 1.165) is 6.54 Å². The van der Waals surface area contributed by atoms with Crippen molar-refractivity contribution in [3.05, 3.63) is 35.0 Å². The number of nitrogens with one attached hydrogen (secondary N) is 1. The number of carbonyl (C=O) groups is 2. The Hall–Kier alpha value is -2.15. The van der Waals surface area contributed by atoms with Gasteiger partial charge in [-0.1, -0.05) is 0 Å². The molecule has 0 fully saturated rings. The van der Waals surface area contributed by atoms with Crippen LogP contribution in [0.2, 0.25) is 0 Å². The molecule has 0 aromatic carbocycles. The SMILES string of the molecule is CCn1ccc(CC(=O)Nc2cc(C(=O)O)cs2)n1. The highest BCUT2D eigenvalue weighted by atomic mass is 32.1. The molecule has 100 valence electrons. The molecule has 2 rings (SSSR count). The maximum atomic E-state index is 11.8. The van der Waals surface area contributed by atoms with E-state index in [9.17, 15) is 9.59 Å². The van der Waals surface area contributed by atoms with Crippen LogP contribution in [0.5, 0.6) is 0 Å². The second-order valence-electron chi connectivity index (χ2n) is 3.89. The lowest BCUT2D eigenvalue weighted by Crippen LogP contribution is -2.14. The highest BCUT2D eigenvalue weighted by molar-refractivity contribution is 7.14. The van der Waals surface area contributed by atoms with E-state index in [2.05, 4.69) is 10.4 Å². The van der Waals surface area contributed by atoms with E-state index in [1.165, 1.54) is 22.8 Å². The molecule has 6 nitrogen and oxygen atoms in total. The quantitative estimate of drug-likeness (QED) is 0.874. The Morgan fingerprint density at radius 1 is 1.53 bits per heavy atom.